The second-order valence-electron chi connectivity index (χ2n) is 3.95. The average molecular weight is 296 g/mol. The van der Waals surface area contributed by atoms with E-state index in [-0.39, 0.29) is 0 Å². The molecule has 0 aliphatic carbocycles. The minimum Gasteiger partial charge on any atom is -0.0864 e. The van der Waals surface area contributed by atoms with Crippen LogP contribution in [0.1, 0.15) is 65.2 Å². The van der Waals surface area contributed by atoms with Gasteiger partial charge in [0, 0.05) is 0 Å². The van der Waals surface area contributed by atoms with E-state index in [1.54, 1.807) is 0 Å². The molecule has 0 radical (unpaired) electrons. The summed E-state index contributed by atoms with van der Waals surface area (Å²) in [5.41, 5.74) is 0. The zero-order chi connectivity index (χ0) is 9.94. The molecule has 1 atom stereocenters. The molecular formula is C12H25I. The topological polar surface area (TPSA) is 0 Å². The molecule has 0 bridgehead atoms. The van der Waals surface area contributed by atoms with Gasteiger partial charge in [-0.25, -0.2) is 0 Å². The summed E-state index contributed by atoms with van der Waals surface area (Å²) in [5, 5.41) is 0. The predicted octanol–water partition coefficient (Wildman–Crippen LogP) is 5.20. The van der Waals surface area contributed by atoms with Gasteiger partial charge in [0.1, 0.15) is 0 Å². The molecule has 13 heavy (non-hydrogen) atoms. The summed E-state index contributed by atoms with van der Waals surface area (Å²) in [5.74, 6) is 1.01. The van der Waals surface area contributed by atoms with Crippen molar-refractivity contribution in [3.63, 3.8) is 0 Å². The lowest BCUT2D eigenvalue weighted by molar-refractivity contribution is 0.432. The van der Waals surface area contributed by atoms with Crippen LogP contribution in [0.5, 0.6) is 0 Å². The van der Waals surface area contributed by atoms with Gasteiger partial charge in [-0.2, -0.15) is 0 Å². The van der Waals surface area contributed by atoms with Crippen molar-refractivity contribution in [3.05, 3.63) is 0 Å². The van der Waals surface area contributed by atoms with Crippen molar-refractivity contribution < 1.29 is 0 Å². The van der Waals surface area contributed by atoms with Gasteiger partial charge in [0.05, 0.1) is 0 Å². The highest BCUT2D eigenvalue weighted by molar-refractivity contribution is 14.1. The molecule has 0 aliphatic heterocycles. The van der Waals surface area contributed by atoms with Crippen LogP contribution in [0.2, 0.25) is 0 Å². The number of unbranched alkanes of at least 4 members (excludes halogenated alkanes) is 4. The molecule has 0 amide bonds. The second-order valence-corrected chi connectivity index (χ2v) is 5.03. The van der Waals surface area contributed by atoms with Gasteiger partial charge in [0.25, 0.3) is 0 Å². The van der Waals surface area contributed by atoms with E-state index >= 15 is 0 Å². The molecule has 0 rings (SSSR count). The van der Waals surface area contributed by atoms with Crippen molar-refractivity contribution in [2.75, 3.05) is 4.43 Å². The molecule has 0 fully saturated rings. The fourth-order valence-electron chi connectivity index (χ4n) is 1.74. The highest BCUT2D eigenvalue weighted by atomic mass is 127. The van der Waals surface area contributed by atoms with Gasteiger partial charge in [-0.15, -0.1) is 0 Å². The highest BCUT2D eigenvalue weighted by Crippen LogP contribution is 2.18. The number of rotatable bonds is 9. The summed E-state index contributed by atoms with van der Waals surface area (Å²) < 4.78 is 1.34. The number of hydrogen-bond donors (Lipinski definition) is 0. The third kappa shape index (κ3) is 9.04. The lowest BCUT2D eigenvalue weighted by atomic mass is 9.96. The largest absolute Gasteiger partial charge is 0.0864 e. The van der Waals surface area contributed by atoms with Gasteiger partial charge in [-0.05, 0) is 16.8 Å². The third-order valence-electron chi connectivity index (χ3n) is 2.81. The zero-order valence-electron chi connectivity index (χ0n) is 9.32. The summed E-state index contributed by atoms with van der Waals surface area (Å²) in [4.78, 5) is 0. The molecule has 0 aliphatic rings. The minimum absolute atomic E-state index is 1.01. The van der Waals surface area contributed by atoms with Gasteiger partial charge >= 0.3 is 0 Å². The summed E-state index contributed by atoms with van der Waals surface area (Å²) in [7, 11) is 0. The van der Waals surface area contributed by atoms with Crippen molar-refractivity contribution in [1.82, 2.24) is 0 Å². The quantitative estimate of drug-likeness (QED) is 0.312. The molecule has 0 aromatic carbocycles. The van der Waals surface area contributed by atoms with E-state index in [9.17, 15) is 0 Å². The van der Waals surface area contributed by atoms with Crippen LogP contribution in [-0.4, -0.2) is 4.43 Å². The van der Waals surface area contributed by atoms with E-state index in [0.717, 1.165) is 5.92 Å². The van der Waals surface area contributed by atoms with E-state index in [4.69, 9.17) is 0 Å². The average Bonchev–Trinajstić information content (AvgIpc) is 2.16. The maximum absolute atomic E-state index is 2.50. The Labute approximate surface area is 98.0 Å². The molecule has 0 saturated heterocycles. The van der Waals surface area contributed by atoms with Crippen LogP contribution in [0.15, 0.2) is 0 Å². The summed E-state index contributed by atoms with van der Waals surface area (Å²) in [6, 6.07) is 0. The summed E-state index contributed by atoms with van der Waals surface area (Å²) in [6.45, 7) is 4.62. The first kappa shape index (κ1) is 13.7. The maximum atomic E-state index is 2.50. The Morgan fingerprint density at radius 1 is 0.923 bits per heavy atom. The number of alkyl halides is 1. The zero-order valence-corrected chi connectivity index (χ0v) is 11.5. The maximum Gasteiger partial charge on any atom is -0.000209 e. The Hall–Kier alpha value is 0.730. The van der Waals surface area contributed by atoms with Crippen LogP contribution < -0.4 is 0 Å². The van der Waals surface area contributed by atoms with Crippen LogP contribution in [0.25, 0.3) is 0 Å². The Morgan fingerprint density at radius 2 is 1.62 bits per heavy atom. The van der Waals surface area contributed by atoms with Crippen molar-refractivity contribution in [1.29, 1.82) is 0 Å². The van der Waals surface area contributed by atoms with Crippen molar-refractivity contribution in [2.45, 2.75) is 65.2 Å². The van der Waals surface area contributed by atoms with E-state index in [2.05, 4.69) is 36.4 Å². The van der Waals surface area contributed by atoms with E-state index in [0.29, 0.717) is 0 Å². The van der Waals surface area contributed by atoms with Gasteiger partial charge in [-0.3, -0.25) is 0 Å². The molecule has 0 saturated carbocycles. The monoisotopic (exact) mass is 296 g/mol. The van der Waals surface area contributed by atoms with Gasteiger partial charge < -0.3 is 0 Å². The Bertz CT molecular complexity index is 91.1. The number of hydrogen-bond acceptors (Lipinski definition) is 0. The number of halogens is 1. The second kappa shape index (κ2) is 10.8. The van der Waals surface area contributed by atoms with Crippen molar-refractivity contribution in [2.24, 2.45) is 5.92 Å². The molecule has 0 nitrogen and oxygen atoms in total. The fourth-order valence-corrected chi connectivity index (χ4v) is 2.62. The van der Waals surface area contributed by atoms with Crippen molar-refractivity contribution in [3.8, 4) is 0 Å². The van der Waals surface area contributed by atoms with Crippen LogP contribution in [0, 0.1) is 5.92 Å². The fraction of sp³-hybridized carbons (Fsp3) is 1.00. The summed E-state index contributed by atoms with van der Waals surface area (Å²) in [6.07, 6.45) is 11.5. The lowest BCUT2D eigenvalue weighted by Crippen LogP contribution is -1.99. The van der Waals surface area contributed by atoms with Crippen LogP contribution in [0.4, 0.5) is 0 Å². The molecule has 0 N–H and O–H groups in total. The molecule has 0 aromatic heterocycles. The highest BCUT2D eigenvalue weighted by Gasteiger charge is 2.04. The Balaban J connectivity index is 3.17. The standard InChI is InChI=1S/C12H25I/c1-3-5-6-7-8-9-12(4-2)10-11-13/h12H,3-11H2,1-2H3. The van der Waals surface area contributed by atoms with E-state index < -0.39 is 0 Å². The van der Waals surface area contributed by atoms with E-state index in [1.807, 2.05) is 0 Å². The van der Waals surface area contributed by atoms with Gasteiger partial charge in [0.15, 0.2) is 0 Å². The van der Waals surface area contributed by atoms with Crippen molar-refractivity contribution >= 4 is 22.6 Å². The van der Waals surface area contributed by atoms with Crippen LogP contribution in [-0.2, 0) is 0 Å². The molecule has 0 heterocycles. The first-order valence-electron chi connectivity index (χ1n) is 5.91. The third-order valence-corrected chi connectivity index (χ3v) is 3.43. The molecule has 80 valence electrons. The normalized spacial score (nSPS) is 13.2. The first-order chi connectivity index (χ1) is 6.35. The molecular weight excluding hydrogens is 271 g/mol. The van der Waals surface area contributed by atoms with E-state index in [1.165, 1.54) is 55.8 Å². The molecule has 0 spiro atoms. The summed E-state index contributed by atoms with van der Waals surface area (Å²) >= 11 is 2.50. The smallest absolute Gasteiger partial charge is 0.000209 e. The molecule has 1 unspecified atom stereocenters. The molecule has 1 heteroatoms. The first-order valence-corrected chi connectivity index (χ1v) is 7.43. The van der Waals surface area contributed by atoms with Gasteiger partial charge in [0.2, 0.25) is 0 Å². The van der Waals surface area contributed by atoms with Crippen LogP contribution >= 0.6 is 22.6 Å². The predicted molar refractivity (Wildman–Crippen MR) is 70.7 cm³/mol. The minimum atomic E-state index is 1.01. The Morgan fingerprint density at radius 3 is 2.15 bits per heavy atom. The lowest BCUT2D eigenvalue weighted by Gasteiger charge is -2.12. The molecule has 0 aromatic rings. The SMILES string of the molecule is CCCCCCCC(CC)CCI. The van der Waals surface area contributed by atoms with Crippen LogP contribution in [0.3, 0.4) is 0 Å². The Kier molecular flexibility index (Phi) is 11.4. The van der Waals surface area contributed by atoms with Gasteiger partial charge in [-0.1, -0.05) is 81.4 Å².